The minimum absolute atomic E-state index is 0.153. The molecule has 1 heterocycles. The lowest BCUT2D eigenvalue weighted by Gasteiger charge is -2.11. The maximum atomic E-state index is 11.7. The van der Waals surface area contributed by atoms with Crippen molar-refractivity contribution < 1.29 is 20.1 Å². The summed E-state index contributed by atoms with van der Waals surface area (Å²) >= 11 is 0. The molecule has 2 unspecified atom stereocenters. The number of phenols is 1. The van der Waals surface area contributed by atoms with Crippen molar-refractivity contribution in [2.75, 3.05) is 13.1 Å². The molecule has 0 spiro atoms. The van der Waals surface area contributed by atoms with Gasteiger partial charge in [-0.3, -0.25) is 4.79 Å². The van der Waals surface area contributed by atoms with Crippen molar-refractivity contribution in [1.29, 1.82) is 0 Å². The number of hydrogen-bond donors (Lipinski definition) is 3. The Kier molecular flexibility index (Phi) is 3.64. The van der Waals surface area contributed by atoms with Crippen LogP contribution in [0.1, 0.15) is 5.56 Å². The molecule has 3 N–H and O–H groups in total. The molecule has 0 bridgehead atoms. The number of benzene rings is 1. The largest absolute Gasteiger partial charge is 0.508 e. The average molecular weight is 249 g/mol. The van der Waals surface area contributed by atoms with Crippen LogP contribution in [0.4, 0.5) is 0 Å². The van der Waals surface area contributed by atoms with Gasteiger partial charge in [-0.25, -0.2) is 0 Å². The molecule has 1 amide bonds. The van der Waals surface area contributed by atoms with E-state index in [1.54, 1.807) is 18.2 Å². The molecule has 1 aromatic rings. The molecule has 5 nitrogen and oxygen atoms in total. The Morgan fingerprint density at radius 1 is 1.17 bits per heavy atom. The van der Waals surface area contributed by atoms with Crippen LogP contribution < -0.4 is 0 Å². The van der Waals surface area contributed by atoms with E-state index in [1.165, 1.54) is 23.1 Å². The van der Waals surface area contributed by atoms with Crippen molar-refractivity contribution in [2.45, 2.75) is 12.2 Å². The lowest BCUT2D eigenvalue weighted by Crippen LogP contribution is -2.27. The van der Waals surface area contributed by atoms with E-state index in [1.807, 2.05) is 0 Å². The topological polar surface area (TPSA) is 81.0 Å². The quantitative estimate of drug-likeness (QED) is 0.643. The van der Waals surface area contributed by atoms with Gasteiger partial charge in [0, 0.05) is 19.2 Å². The Morgan fingerprint density at radius 2 is 1.72 bits per heavy atom. The van der Waals surface area contributed by atoms with Gasteiger partial charge in [0.2, 0.25) is 5.91 Å². The highest BCUT2D eigenvalue weighted by molar-refractivity contribution is 5.92. The first kappa shape index (κ1) is 12.6. The van der Waals surface area contributed by atoms with Crippen LogP contribution in [0.15, 0.2) is 30.3 Å². The number of amides is 1. The third-order valence-corrected chi connectivity index (χ3v) is 2.88. The summed E-state index contributed by atoms with van der Waals surface area (Å²) in [6, 6.07) is 6.45. The minimum atomic E-state index is -0.865. The molecule has 18 heavy (non-hydrogen) atoms. The van der Waals surface area contributed by atoms with E-state index in [0.717, 1.165) is 5.56 Å². The number of nitrogens with zero attached hydrogens (tertiary/aromatic N) is 1. The first-order valence-corrected chi connectivity index (χ1v) is 5.68. The van der Waals surface area contributed by atoms with Crippen LogP contribution in [0.2, 0.25) is 0 Å². The Labute approximate surface area is 105 Å². The molecular weight excluding hydrogens is 234 g/mol. The molecule has 1 aromatic carbocycles. The molecule has 96 valence electrons. The minimum Gasteiger partial charge on any atom is -0.508 e. The third kappa shape index (κ3) is 2.88. The first-order valence-electron chi connectivity index (χ1n) is 5.68. The smallest absolute Gasteiger partial charge is 0.246 e. The number of aliphatic hydroxyl groups is 2. The zero-order valence-corrected chi connectivity index (χ0v) is 9.73. The van der Waals surface area contributed by atoms with Crippen molar-refractivity contribution in [1.82, 2.24) is 4.90 Å². The Morgan fingerprint density at radius 3 is 2.28 bits per heavy atom. The van der Waals surface area contributed by atoms with Crippen LogP contribution in [0.25, 0.3) is 6.08 Å². The zero-order valence-electron chi connectivity index (χ0n) is 9.73. The average Bonchev–Trinajstić information content (AvgIpc) is 2.69. The lowest BCUT2D eigenvalue weighted by atomic mass is 10.2. The number of rotatable bonds is 2. The van der Waals surface area contributed by atoms with Crippen LogP contribution >= 0.6 is 0 Å². The Hall–Kier alpha value is -1.85. The molecule has 0 saturated carbocycles. The van der Waals surface area contributed by atoms with E-state index in [2.05, 4.69) is 0 Å². The number of β-amino-alcohol motifs (C(OH)–C–C–N with tert-alkyl or cyclic N) is 2. The molecule has 1 aliphatic heterocycles. The SMILES string of the molecule is O=C(/C=C/c1ccc(O)cc1)N1CC(O)C(O)C1. The number of carbonyl (C=O) groups excluding carboxylic acids is 1. The van der Waals surface area contributed by atoms with Gasteiger partial charge in [0.1, 0.15) is 5.75 Å². The summed E-state index contributed by atoms with van der Waals surface area (Å²) in [6.07, 6.45) is 1.28. The van der Waals surface area contributed by atoms with Crippen LogP contribution in [0.3, 0.4) is 0 Å². The number of hydrogen-bond acceptors (Lipinski definition) is 4. The molecule has 2 rings (SSSR count). The predicted octanol–water partition coefficient (Wildman–Crippen LogP) is -0.0306. The van der Waals surface area contributed by atoms with Crippen LogP contribution in [0, 0.1) is 0 Å². The van der Waals surface area contributed by atoms with Gasteiger partial charge in [-0.05, 0) is 23.8 Å². The normalized spacial score (nSPS) is 23.8. The van der Waals surface area contributed by atoms with Crippen molar-refractivity contribution in [2.24, 2.45) is 0 Å². The van der Waals surface area contributed by atoms with Gasteiger partial charge in [-0.2, -0.15) is 0 Å². The maximum absolute atomic E-state index is 11.7. The molecule has 0 aliphatic carbocycles. The highest BCUT2D eigenvalue weighted by Crippen LogP contribution is 2.13. The van der Waals surface area contributed by atoms with E-state index >= 15 is 0 Å². The highest BCUT2D eigenvalue weighted by Gasteiger charge is 2.31. The molecule has 1 saturated heterocycles. The van der Waals surface area contributed by atoms with Gasteiger partial charge in [0.05, 0.1) is 12.2 Å². The van der Waals surface area contributed by atoms with Gasteiger partial charge >= 0.3 is 0 Å². The number of aliphatic hydroxyl groups excluding tert-OH is 2. The second-order valence-corrected chi connectivity index (χ2v) is 4.30. The van der Waals surface area contributed by atoms with E-state index in [4.69, 9.17) is 5.11 Å². The second-order valence-electron chi connectivity index (χ2n) is 4.30. The maximum Gasteiger partial charge on any atom is 0.246 e. The molecule has 1 fully saturated rings. The highest BCUT2D eigenvalue weighted by atomic mass is 16.3. The van der Waals surface area contributed by atoms with Crippen molar-refractivity contribution >= 4 is 12.0 Å². The summed E-state index contributed by atoms with van der Waals surface area (Å²) in [5.74, 6) is -0.0806. The fourth-order valence-corrected chi connectivity index (χ4v) is 1.81. The summed E-state index contributed by atoms with van der Waals surface area (Å²) in [4.78, 5) is 13.1. The fraction of sp³-hybridized carbons (Fsp3) is 0.308. The molecule has 0 aromatic heterocycles. The van der Waals surface area contributed by atoms with Crippen molar-refractivity contribution in [3.05, 3.63) is 35.9 Å². The van der Waals surface area contributed by atoms with Gasteiger partial charge in [0.25, 0.3) is 0 Å². The van der Waals surface area contributed by atoms with E-state index < -0.39 is 12.2 Å². The van der Waals surface area contributed by atoms with Crippen LogP contribution in [-0.2, 0) is 4.79 Å². The summed E-state index contributed by atoms with van der Waals surface area (Å²) in [5.41, 5.74) is 0.793. The van der Waals surface area contributed by atoms with Gasteiger partial charge in [-0.15, -0.1) is 0 Å². The third-order valence-electron chi connectivity index (χ3n) is 2.88. The molecule has 0 radical (unpaired) electrons. The standard InChI is InChI=1S/C13H15NO4/c15-10-4-1-9(2-5-10)3-6-13(18)14-7-11(16)12(17)8-14/h1-6,11-12,15-17H,7-8H2/b6-3+. The summed E-state index contributed by atoms with van der Waals surface area (Å²) < 4.78 is 0. The monoisotopic (exact) mass is 249 g/mol. The molecule has 2 atom stereocenters. The predicted molar refractivity (Wildman–Crippen MR) is 65.7 cm³/mol. The summed E-state index contributed by atoms with van der Waals surface area (Å²) in [6.45, 7) is 0.305. The second kappa shape index (κ2) is 5.20. The fourth-order valence-electron chi connectivity index (χ4n) is 1.81. The van der Waals surface area contributed by atoms with Crippen molar-refractivity contribution in [3.8, 4) is 5.75 Å². The summed E-state index contributed by atoms with van der Waals surface area (Å²) in [7, 11) is 0. The molecule has 5 heteroatoms. The first-order chi connectivity index (χ1) is 8.56. The van der Waals surface area contributed by atoms with E-state index in [0.29, 0.717) is 0 Å². The van der Waals surface area contributed by atoms with Gasteiger partial charge < -0.3 is 20.2 Å². The molecule has 1 aliphatic rings. The number of likely N-dealkylation sites (tertiary alicyclic amines) is 1. The van der Waals surface area contributed by atoms with Gasteiger partial charge in [0.15, 0.2) is 0 Å². The van der Waals surface area contributed by atoms with Gasteiger partial charge in [-0.1, -0.05) is 12.1 Å². The summed E-state index contributed by atoms with van der Waals surface area (Å²) in [5, 5.41) is 27.8. The van der Waals surface area contributed by atoms with Crippen LogP contribution in [-0.4, -0.2) is 51.4 Å². The van der Waals surface area contributed by atoms with E-state index in [9.17, 15) is 15.0 Å². The number of carbonyl (C=O) groups is 1. The number of aromatic hydroxyl groups is 1. The Bertz CT molecular complexity index is 445. The van der Waals surface area contributed by atoms with Crippen molar-refractivity contribution in [3.63, 3.8) is 0 Å². The molecular formula is C13H15NO4. The Balaban J connectivity index is 1.97. The van der Waals surface area contributed by atoms with Crippen LogP contribution in [0.5, 0.6) is 5.75 Å². The number of phenolic OH excluding ortho intramolecular Hbond substituents is 1. The van der Waals surface area contributed by atoms with E-state index in [-0.39, 0.29) is 24.7 Å². The zero-order chi connectivity index (χ0) is 13.1. The lowest BCUT2D eigenvalue weighted by molar-refractivity contribution is -0.125.